The average Bonchev–Trinajstić information content (AvgIpc) is 2.44. The minimum atomic E-state index is -0.688. The van der Waals surface area contributed by atoms with E-state index in [0.717, 1.165) is 0 Å². The molecule has 0 aromatic heterocycles. The Bertz CT molecular complexity index is 434. The summed E-state index contributed by atoms with van der Waals surface area (Å²) in [7, 11) is 3.10. The van der Waals surface area contributed by atoms with E-state index in [2.05, 4.69) is 5.32 Å². The van der Waals surface area contributed by atoms with Crippen molar-refractivity contribution in [2.75, 3.05) is 34.0 Å². The predicted molar refractivity (Wildman–Crippen MR) is 74.0 cm³/mol. The van der Waals surface area contributed by atoms with Crippen LogP contribution in [-0.2, 0) is 9.53 Å². The van der Waals surface area contributed by atoms with Crippen LogP contribution >= 0.6 is 0 Å². The molecule has 1 amide bonds. The van der Waals surface area contributed by atoms with E-state index in [0.29, 0.717) is 30.2 Å². The fourth-order valence-corrected chi connectivity index (χ4v) is 1.60. The number of rotatable bonds is 8. The zero-order chi connectivity index (χ0) is 15.0. The molecule has 6 nitrogen and oxygen atoms in total. The summed E-state index contributed by atoms with van der Waals surface area (Å²) in [5.74, 6) is 0.784. The van der Waals surface area contributed by atoms with Gasteiger partial charge in [-0.15, -0.1) is 0 Å². The van der Waals surface area contributed by atoms with E-state index in [1.54, 1.807) is 39.3 Å². The van der Waals surface area contributed by atoms with Crippen LogP contribution < -0.4 is 14.8 Å². The fourth-order valence-electron chi connectivity index (χ4n) is 1.60. The molecule has 112 valence electrons. The summed E-state index contributed by atoms with van der Waals surface area (Å²) in [4.78, 5) is 11.5. The van der Waals surface area contributed by atoms with Gasteiger partial charge >= 0.3 is 0 Å². The third kappa shape index (κ3) is 5.07. The number of carbonyl (C=O) groups excluding carboxylic acids is 1. The maximum atomic E-state index is 11.5. The second-order valence-corrected chi connectivity index (χ2v) is 4.21. The molecule has 1 atom stereocenters. The standard InChI is InChI=1S/C14H21NO5/c1-10(16)12-5-4-11(19-3)8-13(12)20-9-14(17)15-6-7-18-2/h4-5,8,10,16H,6-7,9H2,1-3H3,(H,15,17)/t10-/m1/s1. The highest BCUT2D eigenvalue weighted by Gasteiger charge is 2.12. The van der Waals surface area contributed by atoms with Crippen molar-refractivity contribution in [3.63, 3.8) is 0 Å². The molecule has 0 radical (unpaired) electrons. The molecule has 0 saturated carbocycles. The lowest BCUT2D eigenvalue weighted by Gasteiger charge is -2.14. The highest BCUT2D eigenvalue weighted by molar-refractivity contribution is 5.77. The second kappa shape index (κ2) is 8.39. The lowest BCUT2D eigenvalue weighted by atomic mass is 10.1. The molecule has 0 spiro atoms. The van der Waals surface area contributed by atoms with Gasteiger partial charge in [-0.25, -0.2) is 0 Å². The average molecular weight is 283 g/mol. The van der Waals surface area contributed by atoms with Crippen LogP contribution in [0.3, 0.4) is 0 Å². The Morgan fingerprint density at radius 1 is 1.40 bits per heavy atom. The Balaban J connectivity index is 2.63. The van der Waals surface area contributed by atoms with Crippen molar-refractivity contribution in [1.29, 1.82) is 0 Å². The van der Waals surface area contributed by atoms with E-state index in [-0.39, 0.29) is 12.5 Å². The third-order valence-electron chi connectivity index (χ3n) is 2.66. The highest BCUT2D eigenvalue weighted by atomic mass is 16.5. The maximum absolute atomic E-state index is 11.5. The Hall–Kier alpha value is -1.79. The first-order valence-electron chi connectivity index (χ1n) is 6.33. The maximum Gasteiger partial charge on any atom is 0.258 e. The summed E-state index contributed by atoms with van der Waals surface area (Å²) in [6.45, 7) is 2.38. The Morgan fingerprint density at radius 2 is 2.15 bits per heavy atom. The van der Waals surface area contributed by atoms with E-state index in [1.807, 2.05) is 0 Å². The smallest absolute Gasteiger partial charge is 0.258 e. The highest BCUT2D eigenvalue weighted by Crippen LogP contribution is 2.29. The molecule has 0 saturated heterocycles. The van der Waals surface area contributed by atoms with Gasteiger partial charge < -0.3 is 24.6 Å². The number of amides is 1. The summed E-state index contributed by atoms with van der Waals surface area (Å²) in [6.07, 6.45) is -0.688. The van der Waals surface area contributed by atoms with E-state index in [4.69, 9.17) is 14.2 Å². The molecule has 6 heteroatoms. The lowest BCUT2D eigenvalue weighted by molar-refractivity contribution is -0.123. The van der Waals surface area contributed by atoms with Crippen LogP contribution in [0.4, 0.5) is 0 Å². The summed E-state index contributed by atoms with van der Waals surface area (Å²) in [5.41, 5.74) is 0.607. The summed E-state index contributed by atoms with van der Waals surface area (Å²) >= 11 is 0. The van der Waals surface area contributed by atoms with Gasteiger partial charge in [-0.2, -0.15) is 0 Å². The quantitative estimate of drug-likeness (QED) is 0.693. The van der Waals surface area contributed by atoms with Gasteiger partial charge in [0.1, 0.15) is 11.5 Å². The van der Waals surface area contributed by atoms with Crippen molar-refractivity contribution in [2.24, 2.45) is 0 Å². The third-order valence-corrected chi connectivity index (χ3v) is 2.66. The largest absolute Gasteiger partial charge is 0.497 e. The molecule has 1 aromatic carbocycles. The Morgan fingerprint density at radius 3 is 2.75 bits per heavy atom. The van der Waals surface area contributed by atoms with Gasteiger partial charge in [-0.05, 0) is 19.1 Å². The number of ether oxygens (including phenoxy) is 3. The first-order valence-corrected chi connectivity index (χ1v) is 6.33. The van der Waals surface area contributed by atoms with Gasteiger partial charge in [0.05, 0.1) is 19.8 Å². The monoisotopic (exact) mass is 283 g/mol. The van der Waals surface area contributed by atoms with Gasteiger partial charge in [0, 0.05) is 25.3 Å². The first kappa shape index (κ1) is 16.3. The molecule has 1 rings (SSSR count). The van der Waals surface area contributed by atoms with Gasteiger partial charge in [0.25, 0.3) is 5.91 Å². The normalized spacial score (nSPS) is 11.8. The minimum absolute atomic E-state index is 0.128. The van der Waals surface area contributed by atoms with Gasteiger partial charge in [0.15, 0.2) is 6.61 Å². The van der Waals surface area contributed by atoms with Crippen molar-refractivity contribution >= 4 is 5.91 Å². The van der Waals surface area contributed by atoms with Gasteiger partial charge in [-0.1, -0.05) is 0 Å². The number of aliphatic hydroxyl groups excluding tert-OH is 1. The Labute approximate surface area is 118 Å². The number of aliphatic hydroxyl groups is 1. The number of hydrogen-bond acceptors (Lipinski definition) is 5. The van der Waals surface area contributed by atoms with Crippen molar-refractivity contribution in [1.82, 2.24) is 5.32 Å². The molecule has 2 N–H and O–H groups in total. The number of methoxy groups -OCH3 is 2. The van der Waals surface area contributed by atoms with Gasteiger partial charge in [0.2, 0.25) is 0 Å². The van der Waals surface area contributed by atoms with Crippen molar-refractivity contribution in [2.45, 2.75) is 13.0 Å². The molecule has 0 bridgehead atoms. The van der Waals surface area contributed by atoms with Crippen LogP contribution in [0.2, 0.25) is 0 Å². The van der Waals surface area contributed by atoms with E-state index >= 15 is 0 Å². The summed E-state index contributed by atoms with van der Waals surface area (Å²) < 4.78 is 15.4. The molecule has 0 aliphatic rings. The van der Waals surface area contributed by atoms with Crippen LogP contribution in [0, 0.1) is 0 Å². The SMILES string of the molecule is COCCNC(=O)COc1cc(OC)ccc1[C@@H](C)O. The molecular formula is C14H21NO5. The van der Waals surface area contributed by atoms with E-state index in [1.165, 1.54) is 0 Å². The van der Waals surface area contributed by atoms with Crippen molar-refractivity contribution in [3.8, 4) is 11.5 Å². The van der Waals surface area contributed by atoms with Crippen LogP contribution in [0.1, 0.15) is 18.6 Å². The van der Waals surface area contributed by atoms with Crippen LogP contribution in [0.5, 0.6) is 11.5 Å². The molecule has 0 aliphatic carbocycles. The topological polar surface area (TPSA) is 77.0 Å². The van der Waals surface area contributed by atoms with E-state index < -0.39 is 6.10 Å². The van der Waals surface area contributed by atoms with Crippen LogP contribution in [0.15, 0.2) is 18.2 Å². The van der Waals surface area contributed by atoms with Crippen LogP contribution in [0.25, 0.3) is 0 Å². The van der Waals surface area contributed by atoms with Crippen molar-refractivity contribution in [3.05, 3.63) is 23.8 Å². The predicted octanol–water partition coefficient (Wildman–Crippen LogP) is 0.890. The molecule has 0 unspecified atom stereocenters. The second-order valence-electron chi connectivity index (χ2n) is 4.21. The van der Waals surface area contributed by atoms with E-state index in [9.17, 15) is 9.90 Å². The molecule has 20 heavy (non-hydrogen) atoms. The fraction of sp³-hybridized carbons (Fsp3) is 0.500. The van der Waals surface area contributed by atoms with Crippen LogP contribution in [-0.4, -0.2) is 45.0 Å². The molecular weight excluding hydrogens is 262 g/mol. The molecule has 1 aromatic rings. The molecule has 0 fully saturated rings. The Kier molecular flexibility index (Phi) is 6.83. The van der Waals surface area contributed by atoms with Gasteiger partial charge in [-0.3, -0.25) is 4.79 Å². The van der Waals surface area contributed by atoms with Crippen molar-refractivity contribution < 1.29 is 24.1 Å². The molecule has 0 heterocycles. The zero-order valence-corrected chi connectivity index (χ0v) is 12.0. The zero-order valence-electron chi connectivity index (χ0n) is 12.0. The number of hydrogen-bond donors (Lipinski definition) is 2. The minimum Gasteiger partial charge on any atom is -0.497 e. The number of benzene rings is 1. The summed E-state index contributed by atoms with van der Waals surface area (Å²) in [6, 6.07) is 5.08. The number of carbonyl (C=O) groups is 1. The number of nitrogens with one attached hydrogen (secondary N) is 1. The molecule has 0 aliphatic heterocycles. The first-order chi connectivity index (χ1) is 9.58. The lowest BCUT2D eigenvalue weighted by Crippen LogP contribution is -2.31. The summed E-state index contributed by atoms with van der Waals surface area (Å²) in [5, 5.41) is 12.3.